The van der Waals surface area contributed by atoms with Crippen LogP contribution in [-0.4, -0.2) is 59.0 Å². The minimum atomic E-state index is -0.989. The van der Waals surface area contributed by atoms with Crippen molar-refractivity contribution in [1.29, 1.82) is 0 Å². The Balaban J connectivity index is 2.69. The molecule has 0 saturated heterocycles. The maximum Gasteiger partial charge on any atom is 0.337 e. The number of amides is 1. The van der Waals surface area contributed by atoms with Crippen LogP contribution >= 0.6 is 0 Å². The summed E-state index contributed by atoms with van der Waals surface area (Å²) in [4.78, 5) is 30.2. The van der Waals surface area contributed by atoms with Gasteiger partial charge in [0.2, 0.25) is 5.91 Å². The van der Waals surface area contributed by atoms with Crippen molar-refractivity contribution < 1.29 is 14.7 Å². The van der Waals surface area contributed by atoms with E-state index in [0.29, 0.717) is 13.1 Å². The molecule has 1 rings (SSSR count). The molecule has 0 spiro atoms. The SMILES string of the molecule is CCCN(CC(=O)N(C)C)Cc1ccc(C(=O)O)cn1. The van der Waals surface area contributed by atoms with Gasteiger partial charge in [0.25, 0.3) is 0 Å². The van der Waals surface area contributed by atoms with Crippen LogP contribution in [0.1, 0.15) is 29.4 Å². The summed E-state index contributed by atoms with van der Waals surface area (Å²) in [6, 6.07) is 3.22. The number of carboxylic acids is 1. The Morgan fingerprint density at radius 2 is 2.00 bits per heavy atom. The molecular formula is C14H21N3O3. The fourth-order valence-corrected chi connectivity index (χ4v) is 1.74. The van der Waals surface area contributed by atoms with Crippen molar-refractivity contribution >= 4 is 11.9 Å². The molecule has 0 aliphatic heterocycles. The van der Waals surface area contributed by atoms with E-state index < -0.39 is 5.97 Å². The number of aromatic nitrogens is 1. The van der Waals surface area contributed by atoms with Crippen molar-refractivity contribution in [3.63, 3.8) is 0 Å². The summed E-state index contributed by atoms with van der Waals surface area (Å²) < 4.78 is 0. The van der Waals surface area contributed by atoms with E-state index in [9.17, 15) is 9.59 Å². The fourth-order valence-electron chi connectivity index (χ4n) is 1.74. The number of carboxylic acid groups (broad SMARTS) is 1. The second kappa shape index (κ2) is 7.59. The van der Waals surface area contributed by atoms with Crippen LogP contribution in [0.25, 0.3) is 0 Å². The zero-order chi connectivity index (χ0) is 15.1. The first-order chi connectivity index (χ1) is 9.43. The molecule has 0 radical (unpaired) electrons. The Bertz CT molecular complexity index is 457. The minimum Gasteiger partial charge on any atom is -0.478 e. The number of nitrogens with zero attached hydrogens (tertiary/aromatic N) is 3. The highest BCUT2D eigenvalue weighted by molar-refractivity contribution is 5.87. The van der Waals surface area contributed by atoms with Gasteiger partial charge in [-0.2, -0.15) is 0 Å². The maximum absolute atomic E-state index is 11.7. The molecule has 0 unspecified atom stereocenters. The number of likely N-dealkylation sites (N-methyl/N-ethyl adjacent to an activating group) is 1. The highest BCUT2D eigenvalue weighted by Crippen LogP contribution is 2.05. The molecule has 0 fully saturated rings. The molecule has 1 aromatic rings. The van der Waals surface area contributed by atoms with E-state index in [-0.39, 0.29) is 11.5 Å². The van der Waals surface area contributed by atoms with Crippen LogP contribution < -0.4 is 0 Å². The molecule has 6 nitrogen and oxygen atoms in total. The standard InChI is InChI=1S/C14H21N3O3/c1-4-7-17(10-13(18)16(2)3)9-12-6-5-11(8-15-12)14(19)20/h5-6,8H,4,7,9-10H2,1-3H3,(H,19,20). The monoisotopic (exact) mass is 279 g/mol. The van der Waals surface area contributed by atoms with Crippen LogP contribution in [0.15, 0.2) is 18.3 Å². The zero-order valence-corrected chi connectivity index (χ0v) is 12.2. The Morgan fingerprint density at radius 3 is 2.45 bits per heavy atom. The highest BCUT2D eigenvalue weighted by atomic mass is 16.4. The van der Waals surface area contributed by atoms with Crippen molar-refractivity contribution in [3.8, 4) is 0 Å². The lowest BCUT2D eigenvalue weighted by molar-refractivity contribution is -0.130. The Morgan fingerprint density at radius 1 is 1.30 bits per heavy atom. The molecule has 0 aromatic carbocycles. The van der Waals surface area contributed by atoms with Gasteiger partial charge in [-0.3, -0.25) is 14.7 Å². The molecule has 1 N–H and O–H groups in total. The predicted molar refractivity (Wildman–Crippen MR) is 75.5 cm³/mol. The molecule has 1 amide bonds. The largest absolute Gasteiger partial charge is 0.478 e. The number of hydrogen-bond donors (Lipinski definition) is 1. The third-order valence-electron chi connectivity index (χ3n) is 2.85. The van der Waals surface area contributed by atoms with E-state index in [1.54, 1.807) is 25.1 Å². The molecule has 0 aliphatic rings. The first kappa shape index (κ1) is 16.1. The highest BCUT2D eigenvalue weighted by Gasteiger charge is 2.13. The average Bonchev–Trinajstić information content (AvgIpc) is 2.39. The number of carbonyl (C=O) groups excluding carboxylic acids is 1. The van der Waals surface area contributed by atoms with Gasteiger partial charge in [-0.1, -0.05) is 6.92 Å². The summed E-state index contributed by atoms with van der Waals surface area (Å²) in [5.41, 5.74) is 0.926. The van der Waals surface area contributed by atoms with Gasteiger partial charge in [-0.15, -0.1) is 0 Å². The van der Waals surface area contributed by atoms with E-state index in [0.717, 1.165) is 18.7 Å². The summed E-state index contributed by atoms with van der Waals surface area (Å²) in [6.45, 7) is 3.71. The Labute approximate surface area is 119 Å². The predicted octanol–water partition coefficient (Wildman–Crippen LogP) is 1.08. The van der Waals surface area contributed by atoms with Crippen LogP contribution in [-0.2, 0) is 11.3 Å². The van der Waals surface area contributed by atoms with Crippen LogP contribution in [0.3, 0.4) is 0 Å². The van der Waals surface area contributed by atoms with Gasteiger partial charge in [-0.25, -0.2) is 4.79 Å². The summed E-state index contributed by atoms with van der Waals surface area (Å²) >= 11 is 0. The third kappa shape index (κ3) is 4.97. The first-order valence-corrected chi connectivity index (χ1v) is 6.54. The normalized spacial score (nSPS) is 10.6. The quantitative estimate of drug-likeness (QED) is 0.808. The van der Waals surface area contributed by atoms with E-state index >= 15 is 0 Å². The smallest absolute Gasteiger partial charge is 0.337 e. The van der Waals surface area contributed by atoms with Gasteiger partial charge in [-0.05, 0) is 25.1 Å². The van der Waals surface area contributed by atoms with Gasteiger partial charge in [0.1, 0.15) is 0 Å². The molecule has 20 heavy (non-hydrogen) atoms. The van der Waals surface area contributed by atoms with Crippen molar-refractivity contribution in [1.82, 2.24) is 14.8 Å². The van der Waals surface area contributed by atoms with Crippen molar-refractivity contribution in [3.05, 3.63) is 29.6 Å². The Hall–Kier alpha value is -1.95. The number of rotatable bonds is 7. The lowest BCUT2D eigenvalue weighted by atomic mass is 10.2. The van der Waals surface area contributed by atoms with Gasteiger partial charge < -0.3 is 10.0 Å². The van der Waals surface area contributed by atoms with Crippen LogP contribution in [0, 0.1) is 0 Å². The Kier molecular flexibility index (Phi) is 6.11. The zero-order valence-electron chi connectivity index (χ0n) is 12.2. The molecule has 1 aromatic heterocycles. The first-order valence-electron chi connectivity index (χ1n) is 6.54. The van der Waals surface area contributed by atoms with Crippen molar-refractivity contribution in [2.75, 3.05) is 27.2 Å². The van der Waals surface area contributed by atoms with E-state index in [4.69, 9.17) is 5.11 Å². The molecule has 6 heteroatoms. The van der Waals surface area contributed by atoms with E-state index in [1.165, 1.54) is 12.3 Å². The van der Waals surface area contributed by atoms with Crippen LogP contribution in [0.5, 0.6) is 0 Å². The van der Waals surface area contributed by atoms with Gasteiger partial charge in [0, 0.05) is 26.8 Å². The summed E-state index contributed by atoms with van der Waals surface area (Å²) in [5, 5.41) is 8.82. The number of pyridine rings is 1. The molecular weight excluding hydrogens is 258 g/mol. The number of carbonyl (C=O) groups is 2. The summed E-state index contributed by atoms with van der Waals surface area (Å²) in [6.07, 6.45) is 2.28. The van der Waals surface area contributed by atoms with Crippen molar-refractivity contribution in [2.24, 2.45) is 0 Å². The fraction of sp³-hybridized carbons (Fsp3) is 0.500. The molecule has 0 bridgehead atoms. The lowest BCUT2D eigenvalue weighted by Crippen LogP contribution is -2.36. The topological polar surface area (TPSA) is 73.7 Å². The lowest BCUT2D eigenvalue weighted by Gasteiger charge is -2.22. The van der Waals surface area contributed by atoms with Crippen LogP contribution in [0.4, 0.5) is 0 Å². The molecule has 1 heterocycles. The van der Waals surface area contributed by atoms with E-state index in [1.807, 2.05) is 11.8 Å². The summed E-state index contributed by atoms with van der Waals surface area (Å²) in [7, 11) is 3.46. The summed E-state index contributed by atoms with van der Waals surface area (Å²) in [5.74, 6) is -0.946. The maximum atomic E-state index is 11.7. The van der Waals surface area contributed by atoms with Gasteiger partial charge >= 0.3 is 5.97 Å². The minimum absolute atomic E-state index is 0.0422. The van der Waals surface area contributed by atoms with Crippen molar-refractivity contribution in [2.45, 2.75) is 19.9 Å². The van der Waals surface area contributed by atoms with Gasteiger partial charge in [0.15, 0.2) is 0 Å². The molecule has 0 aliphatic carbocycles. The molecule has 110 valence electrons. The van der Waals surface area contributed by atoms with Crippen LogP contribution in [0.2, 0.25) is 0 Å². The number of aromatic carboxylic acids is 1. The molecule has 0 saturated carbocycles. The van der Waals surface area contributed by atoms with Gasteiger partial charge in [0.05, 0.1) is 17.8 Å². The second-order valence-electron chi connectivity index (χ2n) is 4.84. The number of hydrogen-bond acceptors (Lipinski definition) is 4. The average molecular weight is 279 g/mol. The second-order valence-corrected chi connectivity index (χ2v) is 4.84. The third-order valence-corrected chi connectivity index (χ3v) is 2.85. The molecule has 0 atom stereocenters. The van der Waals surface area contributed by atoms with E-state index in [2.05, 4.69) is 4.98 Å².